The number of aromatic amines is 1. The number of aromatic nitrogens is 3. The second-order valence-corrected chi connectivity index (χ2v) is 7.48. The second kappa shape index (κ2) is 8.61. The highest BCUT2D eigenvalue weighted by molar-refractivity contribution is 5.92. The molecule has 7 nitrogen and oxygen atoms in total. The summed E-state index contributed by atoms with van der Waals surface area (Å²) in [5, 5.41) is 4.53. The molecule has 0 saturated carbocycles. The number of anilines is 1. The Morgan fingerprint density at radius 3 is 2.76 bits per heavy atom. The van der Waals surface area contributed by atoms with E-state index in [0.29, 0.717) is 18.2 Å². The standard InChI is InChI=1S/C22H28N6O/c1-3-27-10-12-28(13-11-27)21(29)20-14-16(2)25-22(26-20)23-9-8-17-15-24-19-7-5-4-6-18(17)19/h4-7,14-15,24H,3,8-13H2,1-2H3,(H,23,25,26). The van der Waals surface area contributed by atoms with Gasteiger partial charge in [0.2, 0.25) is 5.95 Å². The van der Waals surface area contributed by atoms with E-state index in [1.54, 1.807) is 6.07 Å². The Morgan fingerprint density at radius 1 is 1.17 bits per heavy atom. The van der Waals surface area contributed by atoms with Gasteiger partial charge in [-0.15, -0.1) is 0 Å². The molecule has 1 amide bonds. The number of piperazine rings is 1. The first-order valence-corrected chi connectivity index (χ1v) is 10.3. The number of likely N-dealkylation sites (N-methyl/N-ethyl adjacent to an activating group) is 1. The highest BCUT2D eigenvalue weighted by atomic mass is 16.2. The highest BCUT2D eigenvalue weighted by Crippen LogP contribution is 2.18. The number of fused-ring (bicyclic) bond motifs is 1. The molecule has 3 aromatic rings. The minimum Gasteiger partial charge on any atom is -0.361 e. The zero-order valence-electron chi connectivity index (χ0n) is 17.1. The van der Waals surface area contributed by atoms with Crippen LogP contribution in [0.3, 0.4) is 0 Å². The van der Waals surface area contributed by atoms with Crippen LogP contribution in [-0.4, -0.2) is 69.9 Å². The van der Waals surface area contributed by atoms with Crippen molar-refractivity contribution in [1.29, 1.82) is 0 Å². The molecule has 0 aliphatic carbocycles. The van der Waals surface area contributed by atoms with Crippen LogP contribution in [0.2, 0.25) is 0 Å². The fraction of sp³-hybridized carbons (Fsp3) is 0.409. The van der Waals surface area contributed by atoms with Crippen LogP contribution in [0.5, 0.6) is 0 Å². The van der Waals surface area contributed by atoms with Crippen LogP contribution in [0.15, 0.2) is 36.5 Å². The number of carbonyl (C=O) groups is 1. The third-order valence-electron chi connectivity index (χ3n) is 5.53. The fourth-order valence-electron chi connectivity index (χ4n) is 3.83. The van der Waals surface area contributed by atoms with Crippen LogP contribution in [0.4, 0.5) is 5.95 Å². The second-order valence-electron chi connectivity index (χ2n) is 7.48. The van der Waals surface area contributed by atoms with Gasteiger partial charge in [0.1, 0.15) is 5.69 Å². The van der Waals surface area contributed by atoms with Gasteiger partial charge in [0.25, 0.3) is 5.91 Å². The van der Waals surface area contributed by atoms with Crippen LogP contribution < -0.4 is 5.32 Å². The largest absolute Gasteiger partial charge is 0.361 e. The predicted molar refractivity (Wildman–Crippen MR) is 115 cm³/mol. The number of amides is 1. The van der Waals surface area contributed by atoms with Gasteiger partial charge in [0.05, 0.1) is 0 Å². The Labute approximate surface area is 171 Å². The van der Waals surface area contributed by atoms with Crippen LogP contribution >= 0.6 is 0 Å². The molecule has 1 aliphatic heterocycles. The number of aryl methyl sites for hydroxylation is 1. The summed E-state index contributed by atoms with van der Waals surface area (Å²) in [6.45, 7) is 9.12. The first kappa shape index (κ1) is 19.4. The molecule has 2 N–H and O–H groups in total. The highest BCUT2D eigenvalue weighted by Gasteiger charge is 2.23. The third-order valence-corrected chi connectivity index (χ3v) is 5.53. The quantitative estimate of drug-likeness (QED) is 0.674. The lowest BCUT2D eigenvalue weighted by atomic mass is 10.1. The van der Waals surface area contributed by atoms with Crippen molar-refractivity contribution in [3.63, 3.8) is 0 Å². The van der Waals surface area contributed by atoms with Gasteiger partial charge in [-0.1, -0.05) is 25.1 Å². The van der Waals surface area contributed by atoms with Crippen LogP contribution in [0.1, 0.15) is 28.7 Å². The van der Waals surface area contributed by atoms with Crippen molar-refractivity contribution in [1.82, 2.24) is 24.8 Å². The molecule has 7 heteroatoms. The summed E-state index contributed by atoms with van der Waals surface area (Å²) in [5.41, 5.74) is 3.67. The molecule has 0 radical (unpaired) electrons. The van der Waals surface area contributed by atoms with Crippen molar-refractivity contribution in [2.45, 2.75) is 20.3 Å². The Morgan fingerprint density at radius 2 is 1.97 bits per heavy atom. The van der Waals surface area contributed by atoms with Gasteiger partial charge in [-0.2, -0.15) is 0 Å². The van der Waals surface area contributed by atoms with Crippen LogP contribution in [0.25, 0.3) is 10.9 Å². The molecule has 1 saturated heterocycles. The monoisotopic (exact) mass is 392 g/mol. The molecule has 29 heavy (non-hydrogen) atoms. The maximum absolute atomic E-state index is 12.9. The van der Waals surface area contributed by atoms with E-state index in [9.17, 15) is 4.79 Å². The topological polar surface area (TPSA) is 77.1 Å². The summed E-state index contributed by atoms with van der Waals surface area (Å²) in [7, 11) is 0. The van der Waals surface area contributed by atoms with E-state index in [1.807, 2.05) is 24.1 Å². The van der Waals surface area contributed by atoms with Crippen LogP contribution in [0, 0.1) is 6.92 Å². The fourth-order valence-corrected chi connectivity index (χ4v) is 3.83. The van der Waals surface area contributed by atoms with Gasteiger partial charge in [0.15, 0.2) is 0 Å². The minimum atomic E-state index is -0.00840. The SMILES string of the molecule is CCN1CCN(C(=O)c2cc(C)nc(NCCc3c[nH]c4ccccc34)n2)CC1. The molecule has 3 heterocycles. The molecular formula is C22H28N6O. The van der Waals surface area contributed by atoms with Crippen molar-refractivity contribution in [3.05, 3.63) is 53.5 Å². The molecule has 4 rings (SSSR count). The maximum Gasteiger partial charge on any atom is 0.272 e. The molecule has 1 fully saturated rings. The Balaban J connectivity index is 1.40. The number of benzene rings is 1. The molecule has 0 spiro atoms. The lowest BCUT2D eigenvalue weighted by Crippen LogP contribution is -2.48. The number of para-hydroxylation sites is 1. The summed E-state index contributed by atoms with van der Waals surface area (Å²) < 4.78 is 0. The zero-order chi connectivity index (χ0) is 20.2. The van der Waals surface area contributed by atoms with Crippen molar-refractivity contribution in [2.24, 2.45) is 0 Å². The molecular weight excluding hydrogens is 364 g/mol. The number of H-pyrrole nitrogens is 1. The van der Waals surface area contributed by atoms with Gasteiger partial charge in [0, 0.05) is 55.5 Å². The molecule has 2 aromatic heterocycles. The Bertz CT molecular complexity index is 990. The third kappa shape index (κ3) is 4.40. The number of nitrogens with zero attached hydrogens (tertiary/aromatic N) is 4. The minimum absolute atomic E-state index is 0.00840. The Hall–Kier alpha value is -2.93. The van der Waals surface area contributed by atoms with E-state index >= 15 is 0 Å². The predicted octanol–water partition coefficient (Wildman–Crippen LogP) is 2.70. The number of hydrogen-bond donors (Lipinski definition) is 2. The summed E-state index contributed by atoms with van der Waals surface area (Å²) in [5.74, 6) is 0.506. The summed E-state index contributed by atoms with van der Waals surface area (Å²) >= 11 is 0. The van der Waals surface area contributed by atoms with Gasteiger partial charge < -0.3 is 20.1 Å². The molecule has 0 unspecified atom stereocenters. The van der Waals surface area contributed by atoms with E-state index in [1.165, 1.54) is 10.9 Å². The molecule has 1 aromatic carbocycles. The summed E-state index contributed by atoms with van der Waals surface area (Å²) in [6, 6.07) is 10.1. The number of carbonyl (C=O) groups excluding carboxylic acids is 1. The molecule has 152 valence electrons. The van der Waals surface area contributed by atoms with Crippen LogP contribution in [-0.2, 0) is 6.42 Å². The molecule has 0 bridgehead atoms. The van der Waals surface area contributed by atoms with E-state index in [4.69, 9.17) is 0 Å². The zero-order valence-corrected chi connectivity index (χ0v) is 17.1. The number of hydrogen-bond acceptors (Lipinski definition) is 5. The molecule has 0 atom stereocenters. The smallest absolute Gasteiger partial charge is 0.272 e. The van der Waals surface area contributed by atoms with Gasteiger partial charge in [-0.3, -0.25) is 4.79 Å². The van der Waals surface area contributed by atoms with Crippen molar-refractivity contribution >= 4 is 22.8 Å². The lowest BCUT2D eigenvalue weighted by Gasteiger charge is -2.33. The summed E-state index contributed by atoms with van der Waals surface area (Å²) in [6.07, 6.45) is 2.90. The Kier molecular flexibility index (Phi) is 5.76. The average molecular weight is 393 g/mol. The van der Waals surface area contributed by atoms with E-state index in [-0.39, 0.29) is 5.91 Å². The van der Waals surface area contributed by atoms with E-state index in [0.717, 1.165) is 50.4 Å². The average Bonchev–Trinajstić information content (AvgIpc) is 3.16. The molecule has 1 aliphatic rings. The first-order valence-electron chi connectivity index (χ1n) is 10.3. The van der Waals surface area contributed by atoms with Gasteiger partial charge >= 0.3 is 0 Å². The number of rotatable bonds is 6. The first-order chi connectivity index (χ1) is 14.1. The van der Waals surface area contributed by atoms with Gasteiger partial charge in [-0.25, -0.2) is 9.97 Å². The number of nitrogens with one attached hydrogen (secondary N) is 2. The maximum atomic E-state index is 12.9. The van der Waals surface area contributed by atoms with Crippen molar-refractivity contribution in [2.75, 3.05) is 44.6 Å². The summed E-state index contributed by atoms with van der Waals surface area (Å²) in [4.78, 5) is 29.4. The van der Waals surface area contributed by atoms with Gasteiger partial charge in [-0.05, 0) is 37.6 Å². The van der Waals surface area contributed by atoms with Crippen molar-refractivity contribution in [3.8, 4) is 0 Å². The van der Waals surface area contributed by atoms with E-state index in [2.05, 4.69) is 50.3 Å². The van der Waals surface area contributed by atoms with E-state index < -0.39 is 0 Å². The van der Waals surface area contributed by atoms with Crippen molar-refractivity contribution < 1.29 is 4.79 Å². The lowest BCUT2D eigenvalue weighted by molar-refractivity contribution is 0.0637. The normalized spacial score (nSPS) is 15.0.